The molecule has 15 heavy (non-hydrogen) atoms. The van der Waals surface area contributed by atoms with Crippen LogP contribution in [0.2, 0.25) is 5.02 Å². The molecule has 0 radical (unpaired) electrons. The van der Waals surface area contributed by atoms with Crippen molar-refractivity contribution >= 4 is 11.6 Å². The fourth-order valence-electron chi connectivity index (χ4n) is 1.32. The molecule has 0 amide bonds. The highest BCUT2D eigenvalue weighted by molar-refractivity contribution is 6.30. The van der Waals surface area contributed by atoms with Crippen LogP contribution in [0.4, 0.5) is 0 Å². The summed E-state index contributed by atoms with van der Waals surface area (Å²) in [5.41, 5.74) is 1.33. The van der Waals surface area contributed by atoms with Gasteiger partial charge in [-0.1, -0.05) is 35.9 Å². The lowest BCUT2D eigenvalue weighted by atomic mass is 10.1. The molecule has 0 aliphatic carbocycles. The normalized spacial score (nSPS) is 11.1. The van der Waals surface area contributed by atoms with Crippen LogP contribution in [0.3, 0.4) is 0 Å². The maximum Gasteiger partial charge on any atom is 0.0496 e. The summed E-state index contributed by atoms with van der Waals surface area (Å²) in [6.07, 6.45) is 7.51. The van der Waals surface area contributed by atoms with Gasteiger partial charge in [0.25, 0.3) is 0 Å². The molecule has 1 aromatic rings. The Morgan fingerprint density at radius 1 is 1.13 bits per heavy atom. The van der Waals surface area contributed by atoms with Gasteiger partial charge in [0.15, 0.2) is 0 Å². The minimum atomic E-state index is 0.800. The van der Waals surface area contributed by atoms with Crippen molar-refractivity contribution in [2.45, 2.75) is 19.3 Å². The lowest BCUT2D eigenvalue weighted by molar-refractivity contribution is 0.204. The highest BCUT2D eigenvalue weighted by atomic mass is 35.5. The Morgan fingerprint density at radius 2 is 1.80 bits per heavy atom. The van der Waals surface area contributed by atoms with Crippen LogP contribution in [0.15, 0.2) is 36.4 Å². The molecule has 0 spiro atoms. The first-order valence-electron chi connectivity index (χ1n) is 5.21. The van der Waals surface area contributed by atoms with Crippen LogP contribution in [0.1, 0.15) is 18.4 Å². The third kappa shape index (κ3) is 5.60. The van der Waals surface area contributed by atoms with Crippen LogP contribution in [0.5, 0.6) is 0 Å². The summed E-state index contributed by atoms with van der Waals surface area (Å²) >= 11 is 5.80. The molecule has 0 heterocycles. The van der Waals surface area contributed by atoms with Crippen LogP contribution in [-0.2, 0) is 11.2 Å². The van der Waals surface area contributed by atoms with E-state index in [1.807, 2.05) is 12.1 Å². The predicted octanol–water partition coefficient (Wildman–Crippen LogP) is 3.87. The van der Waals surface area contributed by atoms with Crippen LogP contribution >= 0.6 is 11.6 Å². The van der Waals surface area contributed by atoms with Crippen LogP contribution < -0.4 is 0 Å². The molecule has 0 atom stereocenters. The quantitative estimate of drug-likeness (QED) is 0.527. The summed E-state index contributed by atoms with van der Waals surface area (Å²) in [4.78, 5) is 0. The summed E-state index contributed by atoms with van der Waals surface area (Å²) in [5, 5.41) is 0.800. The first-order chi connectivity index (χ1) is 7.33. The Kier molecular flexibility index (Phi) is 6.14. The van der Waals surface area contributed by atoms with E-state index in [-0.39, 0.29) is 0 Å². The Labute approximate surface area is 96.7 Å². The number of methoxy groups -OCH3 is 1. The van der Waals surface area contributed by atoms with Crippen molar-refractivity contribution in [3.63, 3.8) is 0 Å². The molecule has 0 aromatic heterocycles. The van der Waals surface area contributed by atoms with Gasteiger partial charge in [-0.25, -0.2) is 0 Å². The smallest absolute Gasteiger partial charge is 0.0496 e. The number of hydrogen-bond donors (Lipinski definition) is 0. The van der Waals surface area contributed by atoms with Gasteiger partial charge in [-0.15, -0.1) is 0 Å². The zero-order valence-electron chi connectivity index (χ0n) is 9.08. The number of aryl methyl sites for hydroxylation is 1. The van der Waals surface area contributed by atoms with Crippen LogP contribution in [0.25, 0.3) is 0 Å². The molecule has 1 nitrogen and oxygen atoms in total. The van der Waals surface area contributed by atoms with Gasteiger partial charge in [0.1, 0.15) is 0 Å². The summed E-state index contributed by atoms with van der Waals surface area (Å²) in [5.74, 6) is 0. The van der Waals surface area contributed by atoms with Gasteiger partial charge < -0.3 is 4.74 Å². The van der Waals surface area contributed by atoms with Crippen molar-refractivity contribution in [2.24, 2.45) is 0 Å². The zero-order valence-corrected chi connectivity index (χ0v) is 9.83. The molecular weight excluding hydrogens is 208 g/mol. The Morgan fingerprint density at radius 3 is 2.47 bits per heavy atom. The number of rotatable bonds is 6. The molecule has 0 aliphatic rings. The lowest BCUT2D eigenvalue weighted by Crippen LogP contribution is -1.85. The van der Waals surface area contributed by atoms with Crippen molar-refractivity contribution in [3.8, 4) is 0 Å². The SMILES string of the molecule is COCCC=CCCc1ccc(Cl)cc1. The van der Waals surface area contributed by atoms with Crippen molar-refractivity contribution in [1.82, 2.24) is 0 Å². The monoisotopic (exact) mass is 224 g/mol. The predicted molar refractivity (Wildman–Crippen MR) is 65.4 cm³/mol. The molecule has 0 saturated heterocycles. The Bertz CT molecular complexity index is 290. The maximum absolute atomic E-state index is 5.80. The largest absolute Gasteiger partial charge is 0.384 e. The van der Waals surface area contributed by atoms with Crippen molar-refractivity contribution in [2.75, 3.05) is 13.7 Å². The van der Waals surface area contributed by atoms with E-state index in [0.29, 0.717) is 0 Å². The molecule has 0 aliphatic heterocycles. The maximum atomic E-state index is 5.80. The number of hydrogen-bond acceptors (Lipinski definition) is 1. The molecule has 0 bridgehead atoms. The second kappa shape index (κ2) is 7.49. The van der Waals surface area contributed by atoms with Gasteiger partial charge in [0.2, 0.25) is 0 Å². The number of halogens is 1. The van der Waals surface area contributed by atoms with Gasteiger partial charge >= 0.3 is 0 Å². The van der Waals surface area contributed by atoms with Gasteiger partial charge in [-0.05, 0) is 37.0 Å². The third-order valence-corrected chi connectivity index (χ3v) is 2.42. The third-order valence-electron chi connectivity index (χ3n) is 2.17. The van der Waals surface area contributed by atoms with Crippen molar-refractivity contribution in [1.29, 1.82) is 0 Å². The van der Waals surface area contributed by atoms with E-state index in [2.05, 4.69) is 24.3 Å². The average Bonchev–Trinajstić information content (AvgIpc) is 2.26. The molecule has 0 unspecified atom stereocenters. The van der Waals surface area contributed by atoms with E-state index < -0.39 is 0 Å². The lowest BCUT2D eigenvalue weighted by Gasteiger charge is -1.98. The second-order valence-electron chi connectivity index (χ2n) is 3.42. The molecular formula is C13H17ClO. The van der Waals surface area contributed by atoms with Gasteiger partial charge in [-0.2, -0.15) is 0 Å². The fraction of sp³-hybridized carbons (Fsp3) is 0.385. The summed E-state index contributed by atoms with van der Waals surface area (Å²) < 4.78 is 4.95. The molecule has 1 rings (SSSR count). The fourth-order valence-corrected chi connectivity index (χ4v) is 1.45. The molecule has 0 fully saturated rings. The van der Waals surface area contributed by atoms with Gasteiger partial charge in [0.05, 0.1) is 0 Å². The average molecular weight is 225 g/mol. The number of ether oxygens (including phenoxy) is 1. The second-order valence-corrected chi connectivity index (χ2v) is 3.85. The van der Waals surface area contributed by atoms with E-state index in [1.165, 1.54) is 5.56 Å². The van der Waals surface area contributed by atoms with Gasteiger partial charge in [-0.3, -0.25) is 0 Å². The summed E-state index contributed by atoms with van der Waals surface area (Å²) in [7, 11) is 1.72. The van der Waals surface area contributed by atoms with E-state index in [1.54, 1.807) is 7.11 Å². The van der Waals surface area contributed by atoms with Gasteiger partial charge in [0, 0.05) is 18.7 Å². The Balaban J connectivity index is 2.20. The molecule has 0 saturated carbocycles. The van der Waals surface area contributed by atoms with Crippen molar-refractivity contribution < 1.29 is 4.74 Å². The van der Waals surface area contributed by atoms with Crippen molar-refractivity contribution in [3.05, 3.63) is 47.0 Å². The first kappa shape index (κ1) is 12.3. The van der Waals surface area contributed by atoms with E-state index in [9.17, 15) is 0 Å². The van der Waals surface area contributed by atoms with E-state index in [4.69, 9.17) is 16.3 Å². The first-order valence-corrected chi connectivity index (χ1v) is 5.59. The highest BCUT2D eigenvalue weighted by Gasteiger charge is 1.91. The Hall–Kier alpha value is -0.790. The van der Waals surface area contributed by atoms with E-state index >= 15 is 0 Å². The van der Waals surface area contributed by atoms with Crippen LogP contribution in [-0.4, -0.2) is 13.7 Å². The standard InChI is InChI=1S/C13H17ClO/c1-15-11-5-3-2-4-6-12-7-9-13(14)10-8-12/h2-3,7-10H,4-6,11H2,1H3. The molecule has 2 heteroatoms. The number of allylic oxidation sites excluding steroid dienone is 1. The highest BCUT2D eigenvalue weighted by Crippen LogP contribution is 2.11. The summed E-state index contributed by atoms with van der Waals surface area (Å²) in [6.45, 7) is 0.803. The van der Waals surface area contributed by atoms with E-state index in [0.717, 1.165) is 30.9 Å². The minimum Gasteiger partial charge on any atom is -0.384 e. The van der Waals surface area contributed by atoms with Crippen LogP contribution in [0, 0.1) is 0 Å². The number of benzene rings is 1. The molecule has 82 valence electrons. The minimum absolute atomic E-state index is 0.800. The molecule has 1 aromatic carbocycles. The topological polar surface area (TPSA) is 9.23 Å². The zero-order chi connectivity index (χ0) is 10.9. The molecule has 0 N–H and O–H groups in total. The summed E-state index contributed by atoms with van der Waals surface area (Å²) in [6, 6.07) is 8.02.